The number of nitrogens with two attached hydrogens (primary N) is 1. The standard InChI is InChI=1S/C14H29N3/c1-3-8-14(15)11-17(12-14)10-7-13-6-4-5-9-16(13)2/h13H,3-12,15H2,1-2H3. The lowest BCUT2D eigenvalue weighted by molar-refractivity contribution is 0.0506. The third kappa shape index (κ3) is 3.43. The molecule has 0 radical (unpaired) electrons. The lowest BCUT2D eigenvalue weighted by Gasteiger charge is -2.48. The lowest BCUT2D eigenvalue weighted by atomic mass is 9.86. The van der Waals surface area contributed by atoms with E-state index in [4.69, 9.17) is 5.73 Å². The highest BCUT2D eigenvalue weighted by molar-refractivity contribution is 4.99. The fourth-order valence-corrected chi connectivity index (χ4v) is 3.50. The van der Waals surface area contributed by atoms with Gasteiger partial charge in [-0.05, 0) is 45.8 Å². The van der Waals surface area contributed by atoms with E-state index in [9.17, 15) is 0 Å². The van der Waals surface area contributed by atoms with Crippen LogP contribution in [0, 0.1) is 0 Å². The molecule has 2 heterocycles. The van der Waals surface area contributed by atoms with Crippen molar-refractivity contribution in [1.82, 2.24) is 9.80 Å². The number of hydrogen-bond donors (Lipinski definition) is 1. The van der Waals surface area contributed by atoms with Gasteiger partial charge in [0.05, 0.1) is 0 Å². The number of rotatable bonds is 5. The van der Waals surface area contributed by atoms with Crippen LogP contribution in [0.4, 0.5) is 0 Å². The van der Waals surface area contributed by atoms with E-state index in [0.29, 0.717) is 0 Å². The normalized spacial score (nSPS) is 30.2. The van der Waals surface area contributed by atoms with Crippen molar-refractivity contribution in [2.45, 2.75) is 57.0 Å². The Morgan fingerprint density at radius 2 is 2.06 bits per heavy atom. The fraction of sp³-hybridized carbons (Fsp3) is 1.00. The summed E-state index contributed by atoms with van der Waals surface area (Å²) in [6, 6.07) is 0.822. The average molecular weight is 239 g/mol. The van der Waals surface area contributed by atoms with Crippen LogP contribution < -0.4 is 5.73 Å². The molecule has 17 heavy (non-hydrogen) atoms. The second-order valence-corrected chi connectivity index (χ2v) is 6.24. The van der Waals surface area contributed by atoms with Crippen LogP contribution in [0.2, 0.25) is 0 Å². The predicted octanol–water partition coefficient (Wildman–Crippen LogP) is 1.67. The second kappa shape index (κ2) is 5.68. The summed E-state index contributed by atoms with van der Waals surface area (Å²) in [4.78, 5) is 5.09. The summed E-state index contributed by atoms with van der Waals surface area (Å²) in [5.74, 6) is 0. The van der Waals surface area contributed by atoms with Crippen molar-refractivity contribution in [3.8, 4) is 0 Å². The molecule has 3 heteroatoms. The first-order valence-electron chi connectivity index (χ1n) is 7.34. The molecule has 2 N–H and O–H groups in total. The van der Waals surface area contributed by atoms with Gasteiger partial charge >= 0.3 is 0 Å². The van der Waals surface area contributed by atoms with Crippen LogP contribution in [0.5, 0.6) is 0 Å². The third-order valence-corrected chi connectivity index (χ3v) is 4.52. The van der Waals surface area contributed by atoms with Crippen molar-refractivity contribution in [3.05, 3.63) is 0 Å². The molecule has 0 aromatic rings. The summed E-state index contributed by atoms with van der Waals surface area (Å²) in [5, 5.41) is 0. The molecule has 0 spiro atoms. The predicted molar refractivity (Wildman–Crippen MR) is 73.2 cm³/mol. The van der Waals surface area contributed by atoms with Gasteiger partial charge in [0, 0.05) is 24.7 Å². The van der Waals surface area contributed by atoms with Gasteiger partial charge in [-0.3, -0.25) is 4.90 Å². The number of piperidine rings is 1. The molecule has 2 rings (SSSR count). The van der Waals surface area contributed by atoms with Crippen LogP contribution >= 0.6 is 0 Å². The van der Waals surface area contributed by atoms with Crippen molar-refractivity contribution in [2.24, 2.45) is 5.73 Å². The molecule has 100 valence electrons. The zero-order valence-corrected chi connectivity index (χ0v) is 11.6. The van der Waals surface area contributed by atoms with E-state index >= 15 is 0 Å². The highest BCUT2D eigenvalue weighted by Gasteiger charge is 2.38. The first-order chi connectivity index (χ1) is 8.13. The molecule has 2 aliphatic heterocycles. The molecule has 0 aliphatic carbocycles. The second-order valence-electron chi connectivity index (χ2n) is 6.24. The van der Waals surface area contributed by atoms with E-state index in [0.717, 1.165) is 19.1 Å². The van der Waals surface area contributed by atoms with Gasteiger partial charge in [0.2, 0.25) is 0 Å². The van der Waals surface area contributed by atoms with Gasteiger partial charge in [0.15, 0.2) is 0 Å². The lowest BCUT2D eigenvalue weighted by Crippen LogP contribution is -2.67. The molecular weight excluding hydrogens is 210 g/mol. The topological polar surface area (TPSA) is 32.5 Å². The first-order valence-corrected chi connectivity index (χ1v) is 7.34. The summed E-state index contributed by atoms with van der Waals surface area (Å²) < 4.78 is 0. The summed E-state index contributed by atoms with van der Waals surface area (Å²) >= 11 is 0. The SMILES string of the molecule is CCCC1(N)CN(CCC2CCCCN2C)C1. The van der Waals surface area contributed by atoms with Crippen LogP contribution in [0.3, 0.4) is 0 Å². The van der Waals surface area contributed by atoms with Crippen LogP contribution in [0.1, 0.15) is 45.4 Å². The molecule has 0 aromatic heterocycles. The highest BCUT2D eigenvalue weighted by atomic mass is 15.2. The molecule has 1 unspecified atom stereocenters. The van der Waals surface area contributed by atoms with Crippen molar-refractivity contribution >= 4 is 0 Å². The number of likely N-dealkylation sites (tertiary alicyclic amines) is 2. The van der Waals surface area contributed by atoms with Gasteiger partial charge < -0.3 is 10.6 Å². The van der Waals surface area contributed by atoms with Crippen molar-refractivity contribution < 1.29 is 0 Å². The van der Waals surface area contributed by atoms with Crippen LogP contribution in [-0.4, -0.2) is 54.6 Å². The molecule has 0 amide bonds. The van der Waals surface area contributed by atoms with Crippen molar-refractivity contribution in [1.29, 1.82) is 0 Å². The number of hydrogen-bond acceptors (Lipinski definition) is 3. The molecule has 2 aliphatic rings. The van der Waals surface area contributed by atoms with Gasteiger partial charge in [-0.25, -0.2) is 0 Å². The highest BCUT2D eigenvalue weighted by Crippen LogP contribution is 2.25. The Labute approximate surface area is 106 Å². The van der Waals surface area contributed by atoms with E-state index in [2.05, 4.69) is 23.8 Å². The Morgan fingerprint density at radius 1 is 1.29 bits per heavy atom. The minimum Gasteiger partial charge on any atom is -0.323 e. The van der Waals surface area contributed by atoms with Gasteiger partial charge in [-0.2, -0.15) is 0 Å². The monoisotopic (exact) mass is 239 g/mol. The van der Waals surface area contributed by atoms with Crippen molar-refractivity contribution in [2.75, 3.05) is 33.2 Å². The van der Waals surface area contributed by atoms with Crippen LogP contribution in [0.15, 0.2) is 0 Å². The van der Waals surface area contributed by atoms with Crippen LogP contribution in [-0.2, 0) is 0 Å². The summed E-state index contributed by atoms with van der Waals surface area (Å²) in [6.45, 7) is 7.02. The maximum absolute atomic E-state index is 6.29. The van der Waals surface area contributed by atoms with E-state index in [1.165, 1.54) is 51.6 Å². The zero-order valence-electron chi connectivity index (χ0n) is 11.6. The maximum Gasteiger partial charge on any atom is 0.0412 e. The largest absolute Gasteiger partial charge is 0.323 e. The summed E-state index contributed by atoms with van der Waals surface area (Å²) in [7, 11) is 2.28. The summed E-state index contributed by atoms with van der Waals surface area (Å²) in [6.07, 6.45) is 7.94. The van der Waals surface area contributed by atoms with Crippen LogP contribution in [0.25, 0.3) is 0 Å². The van der Waals surface area contributed by atoms with E-state index in [-0.39, 0.29) is 5.54 Å². The molecule has 1 atom stereocenters. The fourth-order valence-electron chi connectivity index (χ4n) is 3.50. The maximum atomic E-state index is 6.29. The zero-order chi connectivity index (χ0) is 12.3. The van der Waals surface area contributed by atoms with E-state index < -0.39 is 0 Å². The van der Waals surface area contributed by atoms with Gasteiger partial charge in [-0.15, -0.1) is 0 Å². The Balaban J connectivity index is 1.64. The molecular formula is C14H29N3. The average Bonchev–Trinajstić information content (AvgIpc) is 2.25. The van der Waals surface area contributed by atoms with E-state index in [1.807, 2.05) is 0 Å². The number of nitrogens with zero attached hydrogens (tertiary/aromatic N) is 2. The Morgan fingerprint density at radius 3 is 2.71 bits per heavy atom. The third-order valence-electron chi connectivity index (χ3n) is 4.52. The van der Waals surface area contributed by atoms with Crippen molar-refractivity contribution in [3.63, 3.8) is 0 Å². The Hall–Kier alpha value is -0.120. The van der Waals surface area contributed by atoms with Gasteiger partial charge in [0.1, 0.15) is 0 Å². The molecule has 0 bridgehead atoms. The first kappa shape index (κ1) is 13.3. The van der Waals surface area contributed by atoms with Gasteiger partial charge in [0.25, 0.3) is 0 Å². The smallest absolute Gasteiger partial charge is 0.0412 e. The van der Waals surface area contributed by atoms with Gasteiger partial charge in [-0.1, -0.05) is 19.8 Å². The quantitative estimate of drug-likeness (QED) is 0.792. The molecule has 0 saturated carbocycles. The minimum atomic E-state index is 0.146. The summed E-state index contributed by atoms with van der Waals surface area (Å²) in [5.41, 5.74) is 6.43. The molecule has 2 fully saturated rings. The molecule has 3 nitrogen and oxygen atoms in total. The molecule has 0 aromatic carbocycles. The Kier molecular flexibility index (Phi) is 4.45. The Bertz CT molecular complexity index is 236. The van der Waals surface area contributed by atoms with E-state index in [1.54, 1.807) is 0 Å². The minimum absolute atomic E-state index is 0.146. The molecule has 2 saturated heterocycles.